The highest BCUT2D eigenvalue weighted by Crippen LogP contribution is 2.35. The quantitative estimate of drug-likeness (QED) is 0.896. The number of nitrogens with one attached hydrogen (secondary N) is 2. The molecule has 0 atom stereocenters. The number of carbonyl (C=O) groups is 1. The van der Waals surface area contributed by atoms with Crippen molar-refractivity contribution in [3.63, 3.8) is 0 Å². The molecule has 5 heteroatoms. The Kier molecular flexibility index (Phi) is 3.97. The Bertz CT molecular complexity index is 661. The predicted molar refractivity (Wildman–Crippen MR) is 84.4 cm³/mol. The van der Waals surface area contributed by atoms with Crippen molar-refractivity contribution >= 4 is 23.2 Å². The Morgan fingerprint density at radius 2 is 2.19 bits per heavy atom. The fraction of sp³-hybridized carbons (Fsp3) is 0.375. The van der Waals surface area contributed by atoms with Gasteiger partial charge in [0.2, 0.25) is 5.91 Å². The second-order valence-corrected chi connectivity index (χ2v) is 5.78. The maximum atomic E-state index is 12.2. The normalized spacial score (nSPS) is 14.8. The lowest BCUT2D eigenvalue weighted by atomic mass is 9.84. The standard InChI is InChI=1S/C16H18ClN3O/c1-2-13-15(18-16(21)10-6-5-7-10)14(20-19-13)11-8-3-4-9-12(11)17/h3-4,8-10H,2,5-7H2,1H3,(H,18,21)(H,19,20). The van der Waals surface area contributed by atoms with E-state index in [9.17, 15) is 4.79 Å². The number of aromatic nitrogens is 2. The first kappa shape index (κ1) is 14.1. The van der Waals surface area contributed by atoms with Gasteiger partial charge in [-0.1, -0.05) is 43.1 Å². The van der Waals surface area contributed by atoms with E-state index in [1.165, 1.54) is 0 Å². The molecule has 3 rings (SSSR count). The van der Waals surface area contributed by atoms with E-state index in [1.807, 2.05) is 31.2 Å². The third kappa shape index (κ3) is 2.68. The van der Waals surface area contributed by atoms with Gasteiger partial charge in [0.25, 0.3) is 0 Å². The summed E-state index contributed by atoms with van der Waals surface area (Å²) in [6, 6.07) is 7.54. The summed E-state index contributed by atoms with van der Waals surface area (Å²) in [7, 11) is 0. The fourth-order valence-electron chi connectivity index (χ4n) is 2.51. The van der Waals surface area contributed by atoms with Crippen LogP contribution in [-0.2, 0) is 11.2 Å². The zero-order valence-corrected chi connectivity index (χ0v) is 12.7. The first-order valence-corrected chi connectivity index (χ1v) is 7.71. The molecule has 0 radical (unpaired) electrons. The Balaban J connectivity index is 1.96. The summed E-state index contributed by atoms with van der Waals surface area (Å²) in [6.45, 7) is 2.03. The second-order valence-electron chi connectivity index (χ2n) is 5.38. The number of halogens is 1. The number of carbonyl (C=O) groups excluding carboxylic acids is 1. The van der Waals surface area contributed by atoms with Crippen LogP contribution in [0.4, 0.5) is 5.69 Å². The minimum absolute atomic E-state index is 0.0886. The van der Waals surface area contributed by atoms with E-state index in [-0.39, 0.29) is 11.8 Å². The van der Waals surface area contributed by atoms with Gasteiger partial charge in [-0.25, -0.2) is 0 Å². The van der Waals surface area contributed by atoms with Gasteiger partial charge >= 0.3 is 0 Å². The molecule has 1 heterocycles. The number of H-pyrrole nitrogens is 1. The van der Waals surface area contributed by atoms with Crippen molar-refractivity contribution in [3.05, 3.63) is 35.0 Å². The number of nitrogens with zero attached hydrogens (tertiary/aromatic N) is 1. The lowest BCUT2D eigenvalue weighted by molar-refractivity contribution is -0.122. The lowest BCUT2D eigenvalue weighted by Gasteiger charge is -2.24. The zero-order chi connectivity index (χ0) is 14.8. The first-order chi connectivity index (χ1) is 10.2. The van der Waals surface area contributed by atoms with E-state index in [0.29, 0.717) is 10.7 Å². The number of hydrogen-bond donors (Lipinski definition) is 2. The van der Waals surface area contributed by atoms with Crippen molar-refractivity contribution in [2.45, 2.75) is 32.6 Å². The van der Waals surface area contributed by atoms with Gasteiger partial charge in [-0.2, -0.15) is 5.10 Å². The molecule has 2 aromatic rings. The van der Waals surface area contributed by atoms with Gasteiger partial charge in [-0.15, -0.1) is 0 Å². The molecule has 1 aliphatic rings. The van der Waals surface area contributed by atoms with Gasteiger partial charge in [0.1, 0.15) is 5.69 Å². The van der Waals surface area contributed by atoms with Crippen molar-refractivity contribution in [1.29, 1.82) is 0 Å². The van der Waals surface area contributed by atoms with Crippen molar-refractivity contribution in [2.24, 2.45) is 5.92 Å². The molecule has 0 saturated heterocycles. The summed E-state index contributed by atoms with van der Waals surface area (Å²) < 4.78 is 0. The minimum Gasteiger partial charge on any atom is -0.322 e. The summed E-state index contributed by atoms with van der Waals surface area (Å²) in [5, 5.41) is 11.0. The molecular weight excluding hydrogens is 286 g/mol. The molecule has 2 N–H and O–H groups in total. The summed E-state index contributed by atoms with van der Waals surface area (Å²) in [6.07, 6.45) is 3.87. The zero-order valence-electron chi connectivity index (χ0n) is 11.9. The van der Waals surface area contributed by atoms with Crippen LogP contribution in [0.25, 0.3) is 11.3 Å². The van der Waals surface area contributed by atoms with Gasteiger partial charge in [-0.3, -0.25) is 9.89 Å². The number of aryl methyl sites for hydroxylation is 1. The number of amides is 1. The average Bonchev–Trinajstić information content (AvgIpc) is 2.80. The van der Waals surface area contributed by atoms with Crippen LogP contribution in [0.5, 0.6) is 0 Å². The Labute approximate surface area is 128 Å². The van der Waals surface area contributed by atoms with Gasteiger partial charge in [0.05, 0.1) is 16.4 Å². The maximum absolute atomic E-state index is 12.2. The van der Waals surface area contributed by atoms with Crippen molar-refractivity contribution in [3.8, 4) is 11.3 Å². The van der Waals surface area contributed by atoms with Crippen LogP contribution in [0.2, 0.25) is 5.02 Å². The van der Waals surface area contributed by atoms with Crippen LogP contribution in [-0.4, -0.2) is 16.1 Å². The number of hydrogen-bond acceptors (Lipinski definition) is 2. The largest absolute Gasteiger partial charge is 0.322 e. The minimum atomic E-state index is 0.0886. The maximum Gasteiger partial charge on any atom is 0.227 e. The van der Waals surface area contributed by atoms with E-state index in [1.54, 1.807) is 0 Å². The van der Waals surface area contributed by atoms with Crippen LogP contribution in [0.1, 0.15) is 31.9 Å². The highest BCUT2D eigenvalue weighted by molar-refractivity contribution is 6.33. The topological polar surface area (TPSA) is 57.8 Å². The van der Waals surface area contributed by atoms with Crippen molar-refractivity contribution in [1.82, 2.24) is 10.2 Å². The summed E-state index contributed by atoms with van der Waals surface area (Å²) in [5.74, 6) is 0.231. The molecule has 110 valence electrons. The molecule has 0 aliphatic heterocycles. The molecule has 1 aromatic heterocycles. The van der Waals surface area contributed by atoms with Crippen LogP contribution >= 0.6 is 11.6 Å². The van der Waals surface area contributed by atoms with E-state index in [0.717, 1.165) is 42.6 Å². The number of rotatable bonds is 4. The molecule has 1 amide bonds. The highest BCUT2D eigenvalue weighted by atomic mass is 35.5. The van der Waals surface area contributed by atoms with E-state index < -0.39 is 0 Å². The number of benzene rings is 1. The predicted octanol–water partition coefficient (Wildman–Crippen LogP) is 4.03. The highest BCUT2D eigenvalue weighted by Gasteiger charge is 2.27. The smallest absolute Gasteiger partial charge is 0.227 e. The average molecular weight is 304 g/mol. The van der Waals surface area contributed by atoms with Crippen LogP contribution in [0.3, 0.4) is 0 Å². The molecular formula is C16H18ClN3O. The van der Waals surface area contributed by atoms with Crippen molar-refractivity contribution in [2.75, 3.05) is 5.32 Å². The Hall–Kier alpha value is -1.81. The van der Waals surface area contributed by atoms with Gasteiger partial charge in [0, 0.05) is 11.5 Å². The van der Waals surface area contributed by atoms with Gasteiger partial charge in [-0.05, 0) is 25.3 Å². The summed E-state index contributed by atoms with van der Waals surface area (Å²) in [4.78, 5) is 12.2. The third-order valence-electron chi connectivity index (χ3n) is 4.05. The number of aromatic amines is 1. The van der Waals surface area contributed by atoms with Crippen LogP contribution in [0.15, 0.2) is 24.3 Å². The van der Waals surface area contributed by atoms with Gasteiger partial charge in [0.15, 0.2) is 0 Å². The molecule has 21 heavy (non-hydrogen) atoms. The van der Waals surface area contributed by atoms with Crippen molar-refractivity contribution < 1.29 is 4.79 Å². The molecule has 1 aliphatic carbocycles. The summed E-state index contributed by atoms with van der Waals surface area (Å²) >= 11 is 6.25. The molecule has 0 unspecified atom stereocenters. The van der Waals surface area contributed by atoms with Crippen LogP contribution in [0, 0.1) is 5.92 Å². The van der Waals surface area contributed by atoms with E-state index >= 15 is 0 Å². The monoisotopic (exact) mass is 303 g/mol. The first-order valence-electron chi connectivity index (χ1n) is 7.33. The third-order valence-corrected chi connectivity index (χ3v) is 4.38. The van der Waals surface area contributed by atoms with Crippen LogP contribution < -0.4 is 5.32 Å². The molecule has 0 spiro atoms. The number of anilines is 1. The molecule has 1 fully saturated rings. The Morgan fingerprint density at radius 3 is 2.81 bits per heavy atom. The fourth-order valence-corrected chi connectivity index (χ4v) is 2.74. The molecule has 0 bridgehead atoms. The summed E-state index contributed by atoms with van der Waals surface area (Å²) in [5.41, 5.74) is 3.24. The lowest BCUT2D eigenvalue weighted by Crippen LogP contribution is -2.28. The SMILES string of the molecule is CCc1[nH]nc(-c2ccccc2Cl)c1NC(=O)C1CCC1. The Morgan fingerprint density at radius 1 is 1.43 bits per heavy atom. The van der Waals surface area contributed by atoms with E-state index in [2.05, 4.69) is 15.5 Å². The second kappa shape index (κ2) is 5.90. The van der Waals surface area contributed by atoms with Gasteiger partial charge < -0.3 is 5.32 Å². The van der Waals surface area contributed by atoms with E-state index in [4.69, 9.17) is 11.6 Å². The molecule has 1 saturated carbocycles. The molecule has 4 nitrogen and oxygen atoms in total. The molecule has 1 aromatic carbocycles.